The van der Waals surface area contributed by atoms with Gasteiger partial charge in [-0.25, -0.2) is 14.4 Å². The van der Waals surface area contributed by atoms with Crippen LogP contribution in [0.15, 0.2) is 101 Å². The number of aromatic nitrogens is 2. The normalized spacial score (nSPS) is 22.6. The van der Waals surface area contributed by atoms with Gasteiger partial charge in [0, 0.05) is 12.3 Å². The second-order valence-corrected chi connectivity index (χ2v) is 12.4. The zero-order valence-corrected chi connectivity index (χ0v) is 30.5. The molecule has 0 aliphatic carbocycles. The number of esters is 2. The first-order valence-corrected chi connectivity index (χ1v) is 17.6. The highest BCUT2D eigenvalue weighted by molar-refractivity contribution is 5.86. The second kappa shape index (κ2) is 17.4. The average Bonchev–Trinajstić information content (AvgIpc) is 3.77. The number of rotatable bonds is 15. The van der Waals surface area contributed by atoms with E-state index in [0.29, 0.717) is 22.6 Å². The summed E-state index contributed by atoms with van der Waals surface area (Å²) in [5.74, 6) is -0.556. The third-order valence-electron chi connectivity index (χ3n) is 9.17. The summed E-state index contributed by atoms with van der Waals surface area (Å²) >= 11 is 0. The van der Waals surface area contributed by atoms with E-state index in [1.54, 1.807) is 52.3 Å². The molecule has 3 aromatic carbocycles. The van der Waals surface area contributed by atoms with Gasteiger partial charge in [-0.15, -0.1) is 0 Å². The molecule has 6 atom stereocenters. The number of carbonyl (C=O) groups excluding carboxylic acids is 2. The number of hydrogen-bond acceptors (Lipinski definition) is 14. The molecule has 4 aromatic rings. The van der Waals surface area contributed by atoms with Gasteiger partial charge in [0.05, 0.1) is 34.0 Å². The van der Waals surface area contributed by atoms with Crippen LogP contribution in [-0.4, -0.2) is 97.6 Å². The Hall–Kier alpha value is -5.36. The first-order chi connectivity index (χ1) is 26.6. The third-order valence-corrected chi connectivity index (χ3v) is 9.17. The highest BCUT2D eigenvalue weighted by Gasteiger charge is 2.53. The van der Waals surface area contributed by atoms with Gasteiger partial charge in [-0.2, -0.15) is 0 Å². The molecule has 2 fully saturated rings. The molecule has 2 N–H and O–H groups in total. The van der Waals surface area contributed by atoms with Crippen LogP contribution in [0.4, 0.5) is 0 Å². The molecule has 1 aromatic heterocycles. The van der Waals surface area contributed by atoms with Crippen LogP contribution < -0.4 is 20.7 Å². The van der Waals surface area contributed by atoms with Gasteiger partial charge in [0.2, 0.25) is 0 Å². The van der Waals surface area contributed by atoms with Crippen molar-refractivity contribution in [3.63, 3.8) is 0 Å². The summed E-state index contributed by atoms with van der Waals surface area (Å²) in [5.41, 5.74) is -0.675. The number of benzene rings is 3. The van der Waals surface area contributed by atoms with Crippen LogP contribution in [0.5, 0.6) is 11.5 Å². The lowest BCUT2D eigenvalue weighted by Crippen LogP contribution is -2.42. The van der Waals surface area contributed by atoms with Crippen LogP contribution in [0.25, 0.3) is 0 Å². The molecule has 2 aliphatic rings. The molecule has 2 aliphatic heterocycles. The molecular formula is C39H42N2O14. The largest absolute Gasteiger partial charge is 0.497 e. The van der Waals surface area contributed by atoms with Crippen LogP contribution in [0.2, 0.25) is 0 Å². The monoisotopic (exact) mass is 762 g/mol. The lowest BCUT2D eigenvalue weighted by Gasteiger charge is -2.37. The van der Waals surface area contributed by atoms with Gasteiger partial charge in [0.15, 0.2) is 18.4 Å². The zero-order chi connectivity index (χ0) is 39.1. The number of nitrogens with one attached hydrogen (secondary N) is 1. The van der Waals surface area contributed by atoms with Gasteiger partial charge in [-0.05, 0) is 54.8 Å². The maximum absolute atomic E-state index is 13.1. The molecule has 0 radical (unpaired) electrons. The minimum atomic E-state index is -1.73. The fourth-order valence-electron chi connectivity index (χ4n) is 6.55. The van der Waals surface area contributed by atoms with Gasteiger partial charge in [0.25, 0.3) is 12.0 Å². The number of hydrogen-bond donors (Lipinski definition) is 2. The molecule has 2 saturated heterocycles. The van der Waals surface area contributed by atoms with Crippen molar-refractivity contribution < 1.29 is 57.3 Å². The van der Waals surface area contributed by atoms with Crippen LogP contribution in [0.3, 0.4) is 0 Å². The molecule has 16 nitrogen and oxygen atoms in total. The molecule has 0 saturated carbocycles. The fourth-order valence-corrected chi connectivity index (χ4v) is 6.55. The van der Waals surface area contributed by atoms with Crippen molar-refractivity contribution in [2.45, 2.75) is 62.7 Å². The van der Waals surface area contributed by atoms with E-state index in [-0.39, 0.29) is 19.8 Å². The van der Waals surface area contributed by atoms with E-state index in [1.807, 2.05) is 54.6 Å². The van der Waals surface area contributed by atoms with E-state index < -0.39 is 72.0 Å². The Labute approximate surface area is 315 Å². The average molecular weight is 763 g/mol. The molecule has 0 unspecified atom stereocenters. The molecule has 292 valence electrons. The van der Waals surface area contributed by atoms with E-state index in [2.05, 4.69) is 4.98 Å². The van der Waals surface area contributed by atoms with Crippen LogP contribution in [-0.2, 0) is 48.3 Å². The lowest BCUT2D eigenvalue weighted by atomic mass is 9.80. The van der Waals surface area contributed by atoms with Gasteiger partial charge in [-0.3, -0.25) is 14.3 Å². The highest BCUT2D eigenvalue weighted by Crippen LogP contribution is 2.43. The number of aliphatic hydroxyl groups is 1. The number of ether oxygens (including phenoxy) is 9. The minimum Gasteiger partial charge on any atom is -0.497 e. The molecular weight excluding hydrogens is 720 g/mol. The molecule has 16 heteroatoms. The molecule has 0 amide bonds. The summed E-state index contributed by atoms with van der Waals surface area (Å²) in [6, 6.07) is 25.2. The zero-order valence-electron chi connectivity index (χ0n) is 30.5. The summed E-state index contributed by atoms with van der Waals surface area (Å²) in [6.07, 6.45) is -7.50. The Kier molecular flexibility index (Phi) is 12.4. The summed E-state index contributed by atoms with van der Waals surface area (Å²) < 4.78 is 52.7. The van der Waals surface area contributed by atoms with Crippen molar-refractivity contribution in [1.82, 2.24) is 9.55 Å². The van der Waals surface area contributed by atoms with Crippen molar-refractivity contribution >= 4 is 11.9 Å². The minimum absolute atomic E-state index is 0.00859. The highest BCUT2D eigenvalue weighted by atomic mass is 16.9. The number of aliphatic hydroxyl groups excluding tert-OH is 1. The van der Waals surface area contributed by atoms with Crippen LogP contribution in [0, 0.1) is 0 Å². The van der Waals surface area contributed by atoms with Crippen molar-refractivity contribution in [1.29, 1.82) is 0 Å². The van der Waals surface area contributed by atoms with Crippen molar-refractivity contribution in [2.24, 2.45) is 0 Å². The Bertz CT molecular complexity index is 1940. The maximum atomic E-state index is 13.1. The fraction of sp³-hybridized carbons (Fsp3) is 0.385. The Morgan fingerprint density at radius 2 is 1.29 bits per heavy atom. The van der Waals surface area contributed by atoms with E-state index in [4.69, 9.17) is 42.6 Å². The second-order valence-electron chi connectivity index (χ2n) is 12.4. The Morgan fingerprint density at radius 1 is 0.764 bits per heavy atom. The SMILES string of the molecule is CCOC(=O)[C@H]1OC(O[C@H]2[C@@H](O)[C@H](COC(c3ccccc3)(c3ccc(OC)cc3)c3ccc(OC)cc3)O[C@@H]2n2ccc(=O)[nH]c2=O)O[C@@H]1C(=O)OCC. The van der Waals surface area contributed by atoms with Gasteiger partial charge < -0.3 is 47.7 Å². The molecule has 0 bridgehead atoms. The lowest BCUT2D eigenvalue weighted by molar-refractivity contribution is -0.281. The Morgan fingerprint density at radius 3 is 1.78 bits per heavy atom. The number of carbonyl (C=O) groups is 2. The van der Waals surface area contributed by atoms with E-state index in [0.717, 1.165) is 16.2 Å². The van der Waals surface area contributed by atoms with Crippen molar-refractivity contribution in [3.05, 3.63) is 129 Å². The summed E-state index contributed by atoms with van der Waals surface area (Å²) in [6.45, 7) is 1.13. The smallest absolute Gasteiger partial charge is 0.338 e. The topological polar surface area (TPSA) is 192 Å². The van der Waals surface area contributed by atoms with Crippen molar-refractivity contribution in [2.75, 3.05) is 34.0 Å². The third kappa shape index (κ3) is 8.19. The summed E-state index contributed by atoms with van der Waals surface area (Å²) in [5, 5.41) is 11.9. The number of methoxy groups -OCH3 is 2. The summed E-state index contributed by atoms with van der Waals surface area (Å²) in [4.78, 5) is 52.8. The van der Waals surface area contributed by atoms with Gasteiger partial charge >= 0.3 is 17.6 Å². The van der Waals surface area contributed by atoms with E-state index in [9.17, 15) is 24.3 Å². The van der Waals surface area contributed by atoms with E-state index >= 15 is 0 Å². The number of aromatic amines is 1. The van der Waals surface area contributed by atoms with Gasteiger partial charge in [0.1, 0.15) is 35.4 Å². The maximum Gasteiger partial charge on any atom is 0.338 e. The number of H-pyrrole nitrogens is 1. The summed E-state index contributed by atoms with van der Waals surface area (Å²) in [7, 11) is 3.13. The standard InChI is InChI=1S/C39H42N2O14/c1-5-49-35(44)32-33(36(45)50-6-2)55-38(54-32)53-31-30(43)28(52-34(31)41-21-20-29(42)40-37(41)46)22-51-39(23-10-8-7-9-11-23,24-12-16-26(47-3)17-13-24)25-14-18-27(48-4)19-15-25/h7-21,28,30-34,38,43H,5-6,22H2,1-4H3,(H,40,42,46)/t28-,30-,31-,32-,33-,34-/m0/s1. The molecule has 3 heterocycles. The van der Waals surface area contributed by atoms with Crippen LogP contribution in [0.1, 0.15) is 36.8 Å². The predicted molar refractivity (Wildman–Crippen MR) is 191 cm³/mol. The molecule has 55 heavy (non-hydrogen) atoms. The van der Waals surface area contributed by atoms with Gasteiger partial charge in [-0.1, -0.05) is 54.6 Å². The molecule has 6 rings (SSSR count). The van der Waals surface area contributed by atoms with Crippen molar-refractivity contribution in [3.8, 4) is 11.5 Å². The van der Waals surface area contributed by atoms with E-state index in [1.165, 1.54) is 6.20 Å². The number of nitrogens with zero attached hydrogens (tertiary/aromatic N) is 1. The Balaban J connectivity index is 1.37. The van der Waals surface area contributed by atoms with Crippen LogP contribution >= 0.6 is 0 Å². The predicted octanol–water partition coefficient (Wildman–Crippen LogP) is 2.40. The first kappa shape index (κ1) is 39.3. The first-order valence-electron chi connectivity index (χ1n) is 17.6. The quantitative estimate of drug-likeness (QED) is 0.133. The molecule has 0 spiro atoms.